The summed E-state index contributed by atoms with van der Waals surface area (Å²) in [4.78, 5) is 14.1. The smallest absolute Gasteiger partial charge is 0.223 e. The van der Waals surface area contributed by atoms with Crippen LogP contribution in [-0.2, 0) is 11.2 Å². The number of piperidine rings is 1. The van der Waals surface area contributed by atoms with Gasteiger partial charge in [-0.05, 0) is 44.5 Å². The zero-order valence-corrected chi connectivity index (χ0v) is 11.0. The first kappa shape index (κ1) is 13.1. The lowest BCUT2D eigenvalue weighted by Gasteiger charge is -2.32. The maximum Gasteiger partial charge on any atom is 0.223 e. The summed E-state index contributed by atoms with van der Waals surface area (Å²) in [5.74, 6) is 1.76. The van der Waals surface area contributed by atoms with Crippen LogP contribution in [0.4, 0.5) is 0 Å². The predicted molar refractivity (Wildman–Crippen MR) is 70.3 cm³/mol. The highest BCUT2D eigenvalue weighted by molar-refractivity contribution is 5.76. The number of likely N-dealkylation sites (tertiary alicyclic amines) is 1. The van der Waals surface area contributed by atoms with Crippen LogP contribution in [0.15, 0.2) is 22.8 Å². The number of nitrogens with zero attached hydrogens (tertiary/aromatic N) is 1. The number of nitrogens with one attached hydrogen (secondary N) is 1. The minimum Gasteiger partial charge on any atom is -0.469 e. The molecule has 1 N–H and O–H groups in total. The van der Waals surface area contributed by atoms with Crippen LogP contribution < -0.4 is 5.32 Å². The van der Waals surface area contributed by atoms with Crippen LogP contribution in [0.2, 0.25) is 0 Å². The first-order valence-electron chi connectivity index (χ1n) is 6.74. The van der Waals surface area contributed by atoms with E-state index in [9.17, 15) is 4.79 Å². The van der Waals surface area contributed by atoms with Crippen molar-refractivity contribution in [1.29, 1.82) is 0 Å². The molecule has 1 aromatic heterocycles. The first-order valence-corrected chi connectivity index (χ1v) is 6.74. The number of aryl methyl sites for hydroxylation is 1. The molecule has 0 aromatic carbocycles. The van der Waals surface area contributed by atoms with E-state index in [-0.39, 0.29) is 5.91 Å². The number of rotatable bonds is 5. The number of hydrogen-bond donors (Lipinski definition) is 1. The van der Waals surface area contributed by atoms with Gasteiger partial charge in [0.15, 0.2) is 0 Å². The van der Waals surface area contributed by atoms with Gasteiger partial charge in [0.25, 0.3) is 0 Å². The van der Waals surface area contributed by atoms with E-state index < -0.39 is 0 Å². The lowest BCUT2D eigenvalue weighted by Crippen LogP contribution is -2.42. The van der Waals surface area contributed by atoms with Crippen LogP contribution in [0.3, 0.4) is 0 Å². The van der Waals surface area contributed by atoms with Crippen molar-refractivity contribution in [3.8, 4) is 0 Å². The molecule has 1 aliphatic rings. The Morgan fingerprint density at radius 2 is 2.50 bits per heavy atom. The van der Waals surface area contributed by atoms with Gasteiger partial charge in [0.05, 0.1) is 6.26 Å². The van der Waals surface area contributed by atoms with Crippen LogP contribution in [0.1, 0.15) is 25.0 Å². The standard InChI is InChI=1S/C14H22N2O2/c1-15-10-12-4-2-8-16(11-12)14(17)7-6-13-5-3-9-18-13/h3,5,9,12,15H,2,4,6-8,10-11H2,1H3. The molecule has 0 radical (unpaired) electrons. The summed E-state index contributed by atoms with van der Waals surface area (Å²) in [6.45, 7) is 2.82. The Morgan fingerprint density at radius 3 is 3.22 bits per heavy atom. The van der Waals surface area contributed by atoms with Crippen molar-refractivity contribution in [2.24, 2.45) is 5.92 Å². The van der Waals surface area contributed by atoms with Crippen molar-refractivity contribution in [1.82, 2.24) is 10.2 Å². The van der Waals surface area contributed by atoms with E-state index in [2.05, 4.69) is 5.32 Å². The van der Waals surface area contributed by atoms with E-state index in [1.165, 1.54) is 6.42 Å². The topological polar surface area (TPSA) is 45.5 Å². The highest BCUT2D eigenvalue weighted by atomic mass is 16.3. The van der Waals surface area contributed by atoms with Crippen molar-refractivity contribution in [2.75, 3.05) is 26.7 Å². The maximum absolute atomic E-state index is 12.1. The van der Waals surface area contributed by atoms with Crippen LogP contribution in [-0.4, -0.2) is 37.5 Å². The van der Waals surface area contributed by atoms with Crippen molar-refractivity contribution >= 4 is 5.91 Å². The summed E-state index contributed by atoms with van der Waals surface area (Å²) in [6, 6.07) is 3.79. The van der Waals surface area contributed by atoms with Crippen molar-refractivity contribution in [3.63, 3.8) is 0 Å². The van der Waals surface area contributed by atoms with Gasteiger partial charge in [0, 0.05) is 25.9 Å². The van der Waals surface area contributed by atoms with Gasteiger partial charge in [-0.3, -0.25) is 4.79 Å². The number of amides is 1. The van der Waals surface area contributed by atoms with E-state index in [0.29, 0.717) is 18.8 Å². The summed E-state index contributed by atoms with van der Waals surface area (Å²) in [7, 11) is 1.97. The fourth-order valence-electron chi connectivity index (χ4n) is 2.59. The number of carbonyl (C=O) groups excluding carboxylic acids is 1. The van der Waals surface area contributed by atoms with Gasteiger partial charge in [-0.2, -0.15) is 0 Å². The lowest BCUT2D eigenvalue weighted by molar-refractivity contribution is -0.133. The monoisotopic (exact) mass is 250 g/mol. The van der Waals surface area contributed by atoms with E-state index in [1.54, 1.807) is 6.26 Å². The third-order valence-corrected chi connectivity index (χ3v) is 3.53. The minimum absolute atomic E-state index is 0.257. The molecule has 0 saturated carbocycles. The third-order valence-electron chi connectivity index (χ3n) is 3.53. The third kappa shape index (κ3) is 3.60. The summed E-state index contributed by atoms with van der Waals surface area (Å²) in [6.07, 6.45) is 5.27. The predicted octanol–water partition coefficient (Wildman–Crippen LogP) is 1.67. The number of furan rings is 1. The fourth-order valence-corrected chi connectivity index (χ4v) is 2.59. The molecule has 1 fully saturated rings. The molecule has 1 aromatic rings. The SMILES string of the molecule is CNCC1CCCN(C(=O)CCc2ccco2)C1. The quantitative estimate of drug-likeness (QED) is 0.864. The van der Waals surface area contributed by atoms with Crippen LogP contribution in [0.25, 0.3) is 0 Å². The second-order valence-electron chi connectivity index (χ2n) is 4.99. The Labute approximate surface area is 108 Å². The number of hydrogen-bond acceptors (Lipinski definition) is 3. The average Bonchev–Trinajstić information content (AvgIpc) is 2.90. The summed E-state index contributed by atoms with van der Waals surface area (Å²) < 4.78 is 5.25. The molecule has 2 heterocycles. The first-order chi connectivity index (χ1) is 8.79. The average molecular weight is 250 g/mol. The molecular weight excluding hydrogens is 228 g/mol. The Balaban J connectivity index is 1.77. The summed E-state index contributed by atoms with van der Waals surface area (Å²) >= 11 is 0. The minimum atomic E-state index is 0.257. The van der Waals surface area contributed by atoms with E-state index in [4.69, 9.17) is 4.42 Å². The van der Waals surface area contributed by atoms with Gasteiger partial charge >= 0.3 is 0 Å². The highest BCUT2D eigenvalue weighted by Gasteiger charge is 2.22. The zero-order valence-electron chi connectivity index (χ0n) is 11.0. The molecule has 1 atom stereocenters. The Morgan fingerprint density at radius 1 is 1.61 bits per heavy atom. The molecule has 0 spiro atoms. The lowest BCUT2D eigenvalue weighted by atomic mass is 9.97. The Bertz CT molecular complexity index is 360. The fraction of sp³-hybridized carbons (Fsp3) is 0.643. The highest BCUT2D eigenvalue weighted by Crippen LogP contribution is 2.17. The Hall–Kier alpha value is -1.29. The largest absolute Gasteiger partial charge is 0.469 e. The summed E-state index contributed by atoms with van der Waals surface area (Å²) in [5, 5.41) is 3.20. The van der Waals surface area contributed by atoms with Gasteiger partial charge in [-0.15, -0.1) is 0 Å². The van der Waals surface area contributed by atoms with Crippen LogP contribution in [0.5, 0.6) is 0 Å². The van der Waals surface area contributed by atoms with Gasteiger partial charge < -0.3 is 14.6 Å². The molecule has 1 aliphatic heterocycles. The second-order valence-corrected chi connectivity index (χ2v) is 4.99. The zero-order chi connectivity index (χ0) is 12.8. The molecule has 1 amide bonds. The Kier molecular flexibility index (Phi) is 4.81. The van der Waals surface area contributed by atoms with Gasteiger partial charge in [0.1, 0.15) is 5.76 Å². The van der Waals surface area contributed by atoms with Crippen molar-refractivity contribution in [2.45, 2.75) is 25.7 Å². The molecule has 0 bridgehead atoms. The van der Waals surface area contributed by atoms with E-state index in [1.807, 2.05) is 24.1 Å². The molecule has 18 heavy (non-hydrogen) atoms. The normalized spacial score (nSPS) is 20.1. The summed E-state index contributed by atoms with van der Waals surface area (Å²) in [5.41, 5.74) is 0. The van der Waals surface area contributed by atoms with Gasteiger partial charge in [-0.1, -0.05) is 0 Å². The van der Waals surface area contributed by atoms with Crippen molar-refractivity contribution < 1.29 is 9.21 Å². The van der Waals surface area contributed by atoms with Crippen LogP contribution >= 0.6 is 0 Å². The molecular formula is C14H22N2O2. The molecule has 1 unspecified atom stereocenters. The molecule has 100 valence electrons. The van der Waals surface area contributed by atoms with Gasteiger partial charge in [-0.25, -0.2) is 0 Å². The van der Waals surface area contributed by atoms with E-state index >= 15 is 0 Å². The number of carbonyl (C=O) groups is 1. The molecule has 1 saturated heterocycles. The molecule has 4 nitrogen and oxygen atoms in total. The van der Waals surface area contributed by atoms with Crippen molar-refractivity contribution in [3.05, 3.63) is 24.2 Å². The molecule has 2 rings (SSSR count). The maximum atomic E-state index is 12.1. The van der Waals surface area contributed by atoms with E-state index in [0.717, 1.165) is 31.8 Å². The van der Waals surface area contributed by atoms with Crippen LogP contribution in [0, 0.1) is 5.92 Å². The second kappa shape index (κ2) is 6.59. The van der Waals surface area contributed by atoms with Gasteiger partial charge in [0.2, 0.25) is 5.91 Å². The molecule has 0 aliphatic carbocycles. The molecule has 4 heteroatoms.